The molecule has 0 saturated heterocycles. The third-order valence-corrected chi connectivity index (χ3v) is 4.67. The fraction of sp³-hybridized carbons (Fsp3) is 0.125. The lowest BCUT2D eigenvalue weighted by Gasteiger charge is -2.07. The molecule has 2 rings (SSSR count). The van der Waals surface area contributed by atoms with Gasteiger partial charge in [0.1, 0.15) is 11.5 Å². The highest BCUT2D eigenvalue weighted by Gasteiger charge is 2.13. The van der Waals surface area contributed by atoms with E-state index in [0.29, 0.717) is 17.1 Å². The first kappa shape index (κ1) is 17.5. The molecule has 0 aliphatic heterocycles. The van der Waals surface area contributed by atoms with Crippen molar-refractivity contribution in [2.45, 2.75) is 4.90 Å². The summed E-state index contributed by atoms with van der Waals surface area (Å²) in [6, 6.07) is 9.67. The molecule has 0 aliphatic rings. The van der Waals surface area contributed by atoms with Crippen LogP contribution in [0, 0.1) is 10.1 Å². The van der Waals surface area contributed by atoms with Crippen molar-refractivity contribution in [1.82, 2.24) is 0 Å². The lowest BCUT2D eigenvalue weighted by Crippen LogP contribution is -1.97. The molecule has 0 radical (unpaired) electrons. The quantitative estimate of drug-likeness (QED) is 0.587. The van der Waals surface area contributed by atoms with Gasteiger partial charge in [0.2, 0.25) is 0 Å². The second-order valence-electron chi connectivity index (χ2n) is 4.71. The zero-order valence-corrected chi connectivity index (χ0v) is 13.8. The van der Waals surface area contributed by atoms with Crippen molar-refractivity contribution in [3.05, 3.63) is 63.6 Å². The van der Waals surface area contributed by atoms with E-state index in [1.807, 2.05) is 0 Å². The van der Waals surface area contributed by atoms with Gasteiger partial charge in [-0.1, -0.05) is 0 Å². The molecule has 0 saturated carbocycles. The van der Waals surface area contributed by atoms with Gasteiger partial charge in [0.15, 0.2) is 9.84 Å². The minimum absolute atomic E-state index is 0.0307. The van der Waals surface area contributed by atoms with E-state index in [9.17, 15) is 18.5 Å². The summed E-state index contributed by atoms with van der Waals surface area (Å²) in [5.41, 5.74) is 0.388. The Labute approximate surface area is 139 Å². The second-order valence-corrected chi connectivity index (χ2v) is 6.54. The number of hydrogen-bond acceptors (Lipinski definition) is 6. The molecule has 0 heterocycles. The Hall–Kier alpha value is -2.87. The summed E-state index contributed by atoms with van der Waals surface area (Å²) >= 11 is 0. The summed E-state index contributed by atoms with van der Waals surface area (Å²) in [6.45, 7) is 0. The Kier molecular flexibility index (Phi) is 5.20. The molecule has 0 unspecified atom stereocenters. The number of hydrogen-bond donors (Lipinski definition) is 0. The number of nitro groups is 1. The van der Waals surface area contributed by atoms with E-state index < -0.39 is 14.8 Å². The van der Waals surface area contributed by atoms with Crippen LogP contribution in [0.25, 0.3) is 6.08 Å². The van der Waals surface area contributed by atoms with Crippen LogP contribution in [0.1, 0.15) is 5.56 Å². The maximum atomic E-state index is 12.3. The van der Waals surface area contributed by atoms with E-state index >= 15 is 0 Å². The molecule has 0 bridgehead atoms. The number of methoxy groups -OCH3 is 2. The van der Waals surface area contributed by atoms with Crippen LogP contribution in [0.15, 0.2) is 52.8 Å². The lowest BCUT2D eigenvalue weighted by molar-refractivity contribution is -0.384. The van der Waals surface area contributed by atoms with E-state index in [2.05, 4.69) is 0 Å². The number of ether oxygens (including phenoxy) is 2. The molecule has 0 aliphatic carbocycles. The van der Waals surface area contributed by atoms with Crippen LogP contribution in [-0.4, -0.2) is 27.6 Å². The van der Waals surface area contributed by atoms with Crippen molar-refractivity contribution < 1.29 is 22.8 Å². The topological polar surface area (TPSA) is 95.7 Å². The largest absolute Gasteiger partial charge is 0.497 e. The number of rotatable bonds is 6. The normalized spacial score (nSPS) is 11.4. The predicted molar refractivity (Wildman–Crippen MR) is 88.9 cm³/mol. The predicted octanol–water partition coefficient (Wildman–Crippen LogP) is 3.06. The lowest BCUT2D eigenvalue weighted by atomic mass is 10.2. The number of sulfone groups is 1. The fourth-order valence-electron chi connectivity index (χ4n) is 1.96. The van der Waals surface area contributed by atoms with Crippen LogP contribution in [0.3, 0.4) is 0 Å². The molecular weight excluding hydrogens is 334 g/mol. The molecular formula is C16H15NO6S. The summed E-state index contributed by atoms with van der Waals surface area (Å²) < 4.78 is 34.9. The first-order valence-electron chi connectivity index (χ1n) is 6.77. The van der Waals surface area contributed by atoms with Crippen molar-refractivity contribution in [3.8, 4) is 11.5 Å². The molecule has 0 fully saturated rings. The van der Waals surface area contributed by atoms with Gasteiger partial charge < -0.3 is 9.47 Å². The first-order valence-corrected chi connectivity index (χ1v) is 8.31. The Bertz CT molecular complexity index is 872. The van der Waals surface area contributed by atoms with Crippen LogP contribution in [0.5, 0.6) is 11.5 Å². The smallest absolute Gasteiger partial charge is 0.269 e. The highest BCUT2D eigenvalue weighted by Crippen LogP contribution is 2.26. The molecule has 2 aromatic rings. The van der Waals surface area contributed by atoms with Gasteiger partial charge in [0, 0.05) is 29.2 Å². The van der Waals surface area contributed by atoms with Gasteiger partial charge in [-0.15, -0.1) is 0 Å². The first-order chi connectivity index (χ1) is 11.4. The van der Waals surface area contributed by atoms with E-state index in [-0.39, 0.29) is 10.6 Å². The van der Waals surface area contributed by atoms with Gasteiger partial charge in [0.05, 0.1) is 24.0 Å². The van der Waals surface area contributed by atoms with E-state index in [0.717, 1.165) is 17.5 Å². The molecule has 126 valence electrons. The Morgan fingerprint density at radius 2 is 1.71 bits per heavy atom. The molecule has 2 aromatic carbocycles. The Morgan fingerprint density at radius 3 is 2.25 bits per heavy atom. The molecule has 0 aromatic heterocycles. The monoisotopic (exact) mass is 349 g/mol. The van der Waals surface area contributed by atoms with Gasteiger partial charge in [-0.3, -0.25) is 10.1 Å². The average Bonchev–Trinajstić information content (AvgIpc) is 2.59. The highest BCUT2D eigenvalue weighted by atomic mass is 32.2. The summed E-state index contributed by atoms with van der Waals surface area (Å²) in [5.74, 6) is 1.05. The maximum absolute atomic E-state index is 12.3. The number of nitrogens with zero attached hydrogens (tertiary/aromatic N) is 1. The fourth-order valence-corrected chi connectivity index (χ4v) is 2.95. The Balaban J connectivity index is 2.31. The zero-order valence-electron chi connectivity index (χ0n) is 13.0. The number of benzene rings is 2. The SMILES string of the molecule is COc1ccc(/C=C/S(=O)(=O)c2ccc([N+](=O)[O-])cc2)c(OC)c1. The average molecular weight is 349 g/mol. The minimum Gasteiger partial charge on any atom is -0.497 e. The minimum atomic E-state index is -3.73. The molecule has 8 heteroatoms. The van der Waals surface area contributed by atoms with Crippen molar-refractivity contribution >= 4 is 21.6 Å². The van der Waals surface area contributed by atoms with Crippen LogP contribution in [0.2, 0.25) is 0 Å². The van der Waals surface area contributed by atoms with Crippen molar-refractivity contribution in [2.75, 3.05) is 14.2 Å². The van der Waals surface area contributed by atoms with Crippen molar-refractivity contribution in [3.63, 3.8) is 0 Å². The van der Waals surface area contributed by atoms with Crippen LogP contribution >= 0.6 is 0 Å². The van der Waals surface area contributed by atoms with Crippen molar-refractivity contribution in [2.24, 2.45) is 0 Å². The maximum Gasteiger partial charge on any atom is 0.269 e. The van der Waals surface area contributed by atoms with E-state index in [1.54, 1.807) is 18.2 Å². The van der Waals surface area contributed by atoms with Crippen LogP contribution in [-0.2, 0) is 9.84 Å². The van der Waals surface area contributed by atoms with E-state index in [1.165, 1.54) is 32.4 Å². The van der Waals surface area contributed by atoms with Crippen molar-refractivity contribution in [1.29, 1.82) is 0 Å². The third-order valence-electron chi connectivity index (χ3n) is 3.24. The Morgan fingerprint density at radius 1 is 1.04 bits per heavy atom. The molecule has 0 atom stereocenters. The van der Waals surface area contributed by atoms with Gasteiger partial charge in [-0.05, 0) is 30.3 Å². The van der Waals surface area contributed by atoms with Gasteiger partial charge in [-0.25, -0.2) is 8.42 Å². The molecule has 0 N–H and O–H groups in total. The van der Waals surface area contributed by atoms with Gasteiger partial charge >= 0.3 is 0 Å². The summed E-state index contributed by atoms with van der Waals surface area (Å²) in [4.78, 5) is 9.99. The number of non-ortho nitro benzene ring substituents is 1. The molecule has 24 heavy (non-hydrogen) atoms. The van der Waals surface area contributed by atoms with Crippen LogP contribution < -0.4 is 9.47 Å². The number of nitro benzene ring substituents is 1. The summed E-state index contributed by atoms with van der Waals surface area (Å²) in [7, 11) is -0.745. The third kappa shape index (κ3) is 3.90. The summed E-state index contributed by atoms with van der Waals surface area (Å²) in [6.07, 6.45) is 1.40. The molecule has 0 spiro atoms. The molecule has 0 amide bonds. The standard InChI is InChI=1S/C16H15NO6S/c1-22-14-6-3-12(16(11-14)23-2)9-10-24(20,21)15-7-4-13(5-8-15)17(18)19/h3-11H,1-2H3/b10-9+. The molecule has 7 nitrogen and oxygen atoms in total. The zero-order chi connectivity index (χ0) is 17.7. The van der Waals surface area contributed by atoms with Gasteiger partial charge in [0.25, 0.3) is 5.69 Å². The summed E-state index contributed by atoms with van der Waals surface area (Å²) in [5, 5.41) is 11.6. The highest BCUT2D eigenvalue weighted by molar-refractivity contribution is 7.94. The van der Waals surface area contributed by atoms with Crippen LogP contribution in [0.4, 0.5) is 5.69 Å². The van der Waals surface area contributed by atoms with E-state index in [4.69, 9.17) is 9.47 Å². The van der Waals surface area contributed by atoms with Gasteiger partial charge in [-0.2, -0.15) is 0 Å². The second kappa shape index (κ2) is 7.14.